The van der Waals surface area contributed by atoms with Crippen molar-refractivity contribution in [1.29, 1.82) is 0 Å². The number of alkyl halides is 2. The molecule has 2 aromatic carbocycles. The number of anilines is 1. The maximum Gasteiger partial charge on any atom is 0.321 e. The number of ether oxygens (including phenoxy) is 2. The number of hydrogen-bond donors (Lipinski definition) is 0. The number of esters is 2. The SMILES string of the molecule is BrCCCCBr.C.COC(=O)CCS(=O)(=O)Cc1c(Cl)cc(Cl)cc1Cl.COC(=O)CN1CCCCN(c2c(Cl)cc(Cl)cc2Cl)S1(=O)=O. The van der Waals surface area contributed by atoms with Crippen molar-refractivity contribution in [2.75, 3.05) is 54.6 Å². The van der Waals surface area contributed by atoms with E-state index < -0.39 is 32.0 Å². The Kier molecular flexibility index (Phi) is 24.0. The van der Waals surface area contributed by atoms with Crippen LogP contribution in [0.2, 0.25) is 30.1 Å². The van der Waals surface area contributed by atoms with E-state index in [4.69, 9.17) is 69.6 Å². The average Bonchev–Trinajstić information content (AvgIpc) is 3.14. The minimum absolute atomic E-state index is 0. The van der Waals surface area contributed by atoms with Crippen molar-refractivity contribution in [2.45, 2.75) is 45.3 Å². The molecule has 0 bridgehead atoms. The molecule has 1 saturated heterocycles. The van der Waals surface area contributed by atoms with E-state index in [1.165, 1.54) is 51.3 Å². The van der Waals surface area contributed by atoms with E-state index in [1.807, 2.05) is 0 Å². The molecule has 0 atom stereocenters. The second kappa shape index (κ2) is 24.1. The molecule has 20 heteroatoms. The van der Waals surface area contributed by atoms with Gasteiger partial charge in [-0.1, -0.05) is 109 Å². The Bertz CT molecular complexity index is 1550. The number of halogens is 8. The molecule has 3 rings (SSSR count). The van der Waals surface area contributed by atoms with Crippen LogP contribution in [-0.2, 0) is 44.9 Å². The lowest BCUT2D eigenvalue weighted by Gasteiger charge is -2.29. The van der Waals surface area contributed by atoms with Gasteiger partial charge in [0, 0.05) is 49.4 Å². The predicted molar refractivity (Wildman–Crippen MR) is 210 cm³/mol. The number of carbonyl (C=O) groups is 2. The summed E-state index contributed by atoms with van der Waals surface area (Å²) in [5, 5.41) is 3.53. The third-order valence-corrected chi connectivity index (χ3v) is 12.5. The summed E-state index contributed by atoms with van der Waals surface area (Å²) in [6, 6.07) is 5.69. The zero-order valence-corrected chi connectivity index (χ0v) is 35.1. The summed E-state index contributed by atoms with van der Waals surface area (Å²) in [6.45, 7) is 0.0655. The molecule has 280 valence electrons. The van der Waals surface area contributed by atoms with Crippen LogP contribution in [-0.4, -0.2) is 83.3 Å². The molecule has 0 aliphatic carbocycles. The molecule has 0 unspecified atom stereocenters. The highest BCUT2D eigenvalue weighted by atomic mass is 79.9. The molecule has 10 nitrogen and oxygen atoms in total. The summed E-state index contributed by atoms with van der Waals surface area (Å²) < 4.78 is 60.6. The number of sulfone groups is 1. The van der Waals surface area contributed by atoms with Crippen LogP contribution in [0.15, 0.2) is 24.3 Å². The molecule has 1 aliphatic heterocycles. The number of nitrogens with zero attached hydrogens (tertiary/aromatic N) is 2. The van der Waals surface area contributed by atoms with E-state index in [0.717, 1.165) is 19.3 Å². The summed E-state index contributed by atoms with van der Waals surface area (Å²) in [5.74, 6) is -1.89. The largest absolute Gasteiger partial charge is 0.469 e. The van der Waals surface area contributed by atoms with E-state index in [0.29, 0.717) is 22.9 Å². The van der Waals surface area contributed by atoms with Gasteiger partial charge in [0.05, 0.1) is 47.9 Å². The number of benzene rings is 2. The number of rotatable bonds is 11. The molecule has 2 aromatic rings. The molecular weight excluding hydrogens is 941 g/mol. The molecule has 1 aliphatic rings. The average molecular weight is 979 g/mol. The maximum atomic E-state index is 12.9. The molecule has 0 amide bonds. The van der Waals surface area contributed by atoms with Gasteiger partial charge < -0.3 is 9.47 Å². The molecule has 0 aromatic heterocycles. The third kappa shape index (κ3) is 17.0. The van der Waals surface area contributed by atoms with Crippen molar-refractivity contribution in [3.8, 4) is 0 Å². The maximum absolute atomic E-state index is 12.9. The number of unbranched alkanes of at least 4 members (excludes halogenated alkanes) is 1. The summed E-state index contributed by atoms with van der Waals surface area (Å²) in [5.41, 5.74) is 0.437. The molecule has 0 radical (unpaired) electrons. The second-order valence-electron chi connectivity index (χ2n) is 9.77. The zero-order valence-electron chi connectivity index (χ0n) is 25.8. The van der Waals surface area contributed by atoms with Gasteiger partial charge in [0.2, 0.25) is 0 Å². The Balaban J connectivity index is 0.000000803. The normalized spacial score (nSPS) is 14.2. The smallest absolute Gasteiger partial charge is 0.321 e. The highest BCUT2D eigenvalue weighted by Crippen LogP contribution is 2.39. The van der Waals surface area contributed by atoms with Gasteiger partial charge in [-0.15, -0.1) is 0 Å². The molecule has 49 heavy (non-hydrogen) atoms. The summed E-state index contributed by atoms with van der Waals surface area (Å²) in [6.07, 6.45) is 3.57. The lowest BCUT2D eigenvalue weighted by molar-refractivity contribution is -0.141. The first kappa shape index (κ1) is 48.7. The van der Waals surface area contributed by atoms with Crippen LogP contribution >= 0.6 is 101 Å². The lowest BCUT2D eigenvalue weighted by Crippen LogP contribution is -2.45. The minimum atomic E-state index is -3.96. The molecule has 0 N–H and O–H groups in total. The number of hydrogen-bond acceptors (Lipinski definition) is 8. The molecule has 1 fully saturated rings. The van der Waals surface area contributed by atoms with Crippen LogP contribution in [0.4, 0.5) is 5.69 Å². The van der Waals surface area contributed by atoms with Crippen LogP contribution in [0.3, 0.4) is 0 Å². The Hall–Kier alpha value is -0.260. The van der Waals surface area contributed by atoms with Crippen molar-refractivity contribution in [3.05, 3.63) is 60.0 Å². The fraction of sp³-hybridized carbons (Fsp3) is 0.517. The highest BCUT2D eigenvalue weighted by Gasteiger charge is 2.35. The summed E-state index contributed by atoms with van der Waals surface area (Å²) >= 11 is 42.4. The first-order valence-electron chi connectivity index (χ1n) is 14.0. The third-order valence-electron chi connectivity index (χ3n) is 6.22. The fourth-order valence-electron chi connectivity index (χ4n) is 3.81. The quantitative estimate of drug-likeness (QED) is 0.124. The Morgan fingerprint density at radius 1 is 0.796 bits per heavy atom. The van der Waals surface area contributed by atoms with Gasteiger partial charge in [-0.25, -0.2) is 8.42 Å². The van der Waals surface area contributed by atoms with E-state index >= 15 is 0 Å². The van der Waals surface area contributed by atoms with E-state index in [2.05, 4.69) is 41.3 Å². The fourth-order valence-corrected chi connectivity index (χ4v) is 9.91. The van der Waals surface area contributed by atoms with Gasteiger partial charge in [-0.3, -0.25) is 13.9 Å². The topological polar surface area (TPSA) is 127 Å². The van der Waals surface area contributed by atoms with Crippen LogP contribution in [0.25, 0.3) is 0 Å². The van der Waals surface area contributed by atoms with E-state index in [-0.39, 0.29) is 76.3 Å². The lowest BCUT2D eigenvalue weighted by atomic mass is 10.2. The van der Waals surface area contributed by atoms with Crippen LogP contribution in [0, 0.1) is 0 Å². The standard InChI is InChI=1S/C13H15Cl3N2O4S.C11H11Cl3O4S.C4H8Br2.CH4/c1-22-12(19)8-17-4-2-3-5-18(23(17,20)21)13-10(15)6-9(14)7-11(13)16;1-18-11(15)2-3-19(16,17)6-8-9(13)4-7(12)5-10(8)14;5-3-1-2-4-6;/h6-7H,2-5,8H2,1H3;4-5H,2-3,6H2,1H3;1-4H2;1H4. The molecule has 0 saturated carbocycles. The van der Waals surface area contributed by atoms with E-state index in [9.17, 15) is 26.4 Å². The van der Waals surface area contributed by atoms with E-state index in [1.54, 1.807) is 0 Å². The van der Waals surface area contributed by atoms with Crippen molar-refractivity contribution in [1.82, 2.24) is 4.31 Å². The van der Waals surface area contributed by atoms with Gasteiger partial charge in [0.25, 0.3) is 0 Å². The van der Waals surface area contributed by atoms with Crippen molar-refractivity contribution < 1.29 is 35.9 Å². The predicted octanol–water partition coefficient (Wildman–Crippen LogP) is 9.28. The van der Waals surface area contributed by atoms with Gasteiger partial charge in [-0.05, 0) is 49.9 Å². The molecule has 1 heterocycles. The van der Waals surface area contributed by atoms with Gasteiger partial charge in [0.1, 0.15) is 6.54 Å². The zero-order chi connectivity index (χ0) is 36.7. The van der Waals surface area contributed by atoms with Crippen molar-refractivity contribution >= 4 is 139 Å². The number of carbonyl (C=O) groups excluding carboxylic acids is 2. The Morgan fingerprint density at radius 3 is 1.69 bits per heavy atom. The van der Waals surface area contributed by atoms with Crippen LogP contribution in [0.1, 0.15) is 45.1 Å². The van der Waals surface area contributed by atoms with Crippen LogP contribution in [0.5, 0.6) is 0 Å². The van der Waals surface area contributed by atoms with Crippen LogP contribution < -0.4 is 4.31 Å². The molecule has 0 spiro atoms. The summed E-state index contributed by atoms with van der Waals surface area (Å²) in [4.78, 5) is 22.4. The van der Waals surface area contributed by atoms with Crippen molar-refractivity contribution in [3.63, 3.8) is 0 Å². The van der Waals surface area contributed by atoms with Gasteiger partial charge >= 0.3 is 22.1 Å². The first-order chi connectivity index (χ1) is 22.4. The second-order valence-corrected chi connectivity index (χ2v) is 17.9. The van der Waals surface area contributed by atoms with Gasteiger partial charge in [0.15, 0.2) is 9.84 Å². The minimum Gasteiger partial charge on any atom is -0.469 e. The van der Waals surface area contributed by atoms with Gasteiger partial charge in [-0.2, -0.15) is 12.7 Å². The monoisotopic (exact) mass is 974 g/mol. The highest BCUT2D eigenvalue weighted by molar-refractivity contribution is 9.09. The number of methoxy groups -OCH3 is 2. The van der Waals surface area contributed by atoms with Crippen molar-refractivity contribution in [2.24, 2.45) is 0 Å². The molecular formula is C29H38Br2Cl6N2O8S2. The summed E-state index contributed by atoms with van der Waals surface area (Å²) in [7, 11) is -5.07. The first-order valence-corrected chi connectivity index (χ1v) is 21.7. The Labute approximate surface area is 336 Å². The Morgan fingerprint density at radius 2 is 1.24 bits per heavy atom.